The fraction of sp³-hybridized carbons (Fsp3) is 0.556. The van der Waals surface area contributed by atoms with Gasteiger partial charge in [0.2, 0.25) is 0 Å². The number of nitrogens with zero attached hydrogens (tertiary/aromatic N) is 1. The topological polar surface area (TPSA) is 83.6 Å². The maximum absolute atomic E-state index is 11.9. The molecule has 0 spiro atoms. The lowest BCUT2D eigenvalue weighted by atomic mass is 10.4. The van der Waals surface area contributed by atoms with Gasteiger partial charge in [0.05, 0.1) is 0 Å². The summed E-state index contributed by atoms with van der Waals surface area (Å²) in [5, 5.41) is 7.12. The number of hydrogen-bond acceptors (Lipinski definition) is 3. The molecule has 20 heavy (non-hydrogen) atoms. The Morgan fingerprint density at radius 2 is 1.55 bits per heavy atom. The van der Waals surface area contributed by atoms with Crippen molar-refractivity contribution in [3.8, 4) is 0 Å². The van der Waals surface area contributed by atoms with Gasteiger partial charge in [-0.3, -0.25) is 4.79 Å². The number of alkyl halides is 6. The van der Waals surface area contributed by atoms with Gasteiger partial charge in [0, 0.05) is 19.6 Å². The van der Waals surface area contributed by atoms with Crippen LogP contribution < -0.4 is 5.73 Å². The van der Waals surface area contributed by atoms with Crippen LogP contribution in [-0.4, -0.2) is 53.9 Å². The molecule has 5 nitrogen and oxygen atoms in total. The predicted molar refractivity (Wildman–Crippen MR) is 55.6 cm³/mol. The highest BCUT2D eigenvalue weighted by molar-refractivity contribution is 5.82. The van der Waals surface area contributed by atoms with Gasteiger partial charge in [0.25, 0.3) is 0 Å². The minimum Gasteiger partial charge on any atom is -0.475 e. The Kier molecular flexibility index (Phi) is 8.63. The van der Waals surface area contributed by atoms with Crippen molar-refractivity contribution in [3.63, 3.8) is 0 Å². The van der Waals surface area contributed by atoms with Crippen molar-refractivity contribution in [2.75, 3.05) is 19.6 Å². The van der Waals surface area contributed by atoms with Crippen LogP contribution in [0.3, 0.4) is 0 Å². The number of carboxylic acid groups (broad SMARTS) is 1. The van der Waals surface area contributed by atoms with E-state index < -0.39 is 24.2 Å². The quantitative estimate of drug-likeness (QED) is 0.603. The van der Waals surface area contributed by atoms with Gasteiger partial charge in [-0.15, -0.1) is 6.58 Å². The third-order valence-electron chi connectivity index (χ3n) is 1.52. The fourth-order valence-electron chi connectivity index (χ4n) is 0.767. The molecule has 0 atom stereocenters. The molecular weight excluding hydrogens is 298 g/mol. The number of rotatable bonds is 4. The number of hydrogen-bond donors (Lipinski definition) is 2. The van der Waals surface area contributed by atoms with Gasteiger partial charge >= 0.3 is 24.2 Å². The first kappa shape index (κ1) is 20.5. The van der Waals surface area contributed by atoms with Crippen LogP contribution in [0.2, 0.25) is 0 Å². The molecule has 3 N–H and O–H groups in total. The molecule has 118 valence electrons. The third kappa shape index (κ3) is 9.19. The Labute approximate surface area is 109 Å². The van der Waals surface area contributed by atoms with Gasteiger partial charge in [-0.1, -0.05) is 6.08 Å². The number of carbonyl (C=O) groups excluding carboxylic acids is 1. The van der Waals surface area contributed by atoms with E-state index in [2.05, 4.69) is 6.58 Å². The Hall–Kier alpha value is -1.78. The summed E-state index contributed by atoms with van der Waals surface area (Å²) in [7, 11) is 0. The van der Waals surface area contributed by atoms with Crippen LogP contribution in [0.5, 0.6) is 0 Å². The second kappa shape index (κ2) is 8.40. The van der Waals surface area contributed by atoms with E-state index in [1.165, 1.54) is 6.08 Å². The second-order valence-corrected chi connectivity index (χ2v) is 3.13. The number of amides is 1. The van der Waals surface area contributed by atoms with E-state index in [0.717, 1.165) is 0 Å². The molecule has 0 fully saturated rings. The molecule has 0 heterocycles. The maximum atomic E-state index is 11.9. The molecule has 0 bridgehead atoms. The molecule has 0 saturated heterocycles. The summed E-state index contributed by atoms with van der Waals surface area (Å²) < 4.78 is 67.4. The number of halogens is 6. The molecule has 1 amide bonds. The fourth-order valence-corrected chi connectivity index (χ4v) is 0.767. The van der Waals surface area contributed by atoms with Crippen molar-refractivity contribution in [1.29, 1.82) is 0 Å². The average Bonchev–Trinajstić information content (AvgIpc) is 2.26. The molecule has 11 heteroatoms. The average molecular weight is 310 g/mol. The number of carboxylic acids is 1. The van der Waals surface area contributed by atoms with Crippen molar-refractivity contribution in [2.45, 2.75) is 12.4 Å². The summed E-state index contributed by atoms with van der Waals surface area (Å²) in [5.74, 6) is -4.63. The van der Waals surface area contributed by atoms with E-state index in [-0.39, 0.29) is 19.6 Å². The van der Waals surface area contributed by atoms with Gasteiger partial charge in [-0.05, 0) is 0 Å². The predicted octanol–water partition coefficient (Wildman–Crippen LogP) is 1.16. The minimum atomic E-state index is -5.08. The Balaban J connectivity index is 0. The third-order valence-corrected chi connectivity index (χ3v) is 1.52. The van der Waals surface area contributed by atoms with E-state index in [9.17, 15) is 31.1 Å². The molecule has 0 aromatic heterocycles. The van der Waals surface area contributed by atoms with Crippen LogP contribution in [0, 0.1) is 0 Å². The largest absolute Gasteiger partial charge is 0.490 e. The first-order valence-corrected chi connectivity index (χ1v) is 4.85. The molecule has 0 saturated carbocycles. The van der Waals surface area contributed by atoms with Crippen LogP contribution >= 0.6 is 0 Å². The van der Waals surface area contributed by atoms with Gasteiger partial charge in [0.15, 0.2) is 0 Å². The van der Waals surface area contributed by atoms with E-state index >= 15 is 0 Å². The van der Waals surface area contributed by atoms with Crippen molar-refractivity contribution < 1.29 is 41.0 Å². The van der Waals surface area contributed by atoms with Gasteiger partial charge in [-0.25, -0.2) is 4.79 Å². The molecular formula is C9H12F6N2O3. The number of aliphatic carboxylic acids is 1. The molecule has 0 aliphatic heterocycles. The van der Waals surface area contributed by atoms with Crippen molar-refractivity contribution in [3.05, 3.63) is 12.7 Å². The van der Waals surface area contributed by atoms with Crippen LogP contribution in [0.1, 0.15) is 0 Å². The Bertz CT molecular complexity index is 340. The smallest absolute Gasteiger partial charge is 0.475 e. The van der Waals surface area contributed by atoms with Crippen molar-refractivity contribution >= 4 is 11.9 Å². The maximum Gasteiger partial charge on any atom is 0.490 e. The highest BCUT2D eigenvalue weighted by atomic mass is 19.4. The van der Waals surface area contributed by atoms with Crippen LogP contribution in [0.15, 0.2) is 12.7 Å². The summed E-state index contributed by atoms with van der Waals surface area (Å²) >= 11 is 0. The summed E-state index contributed by atoms with van der Waals surface area (Å²) in [4.78, 5) is 20.1. The molecule has 0 aliphatic carbocycles. The minimum absolute atomic E-state index is 0.00431. The molecule has 0 aromatic rings. The van der Waals surface area contributed by atoms with E-state index in [4.69, 9.17) is 15.6 Å². The zero-order valence-electron chi connectivity index (χ0n) is 9.96. The van der Waals surface area contributed by atoms with Crippen molar-refractivity contribution in [1.82, 2.24) is 4.90 Å². The van der Waals surface area contributed by atoms with Crippen LogP contribution in [0.25, 0.3) is 0 Å². The van der Waals surface area contributed by atoms with Crippen molar-refractivity contribution in [2.24, 2.45) is 5.73 Å². The van der Waals surface area contributed by atoms with Gasteiger partial charge < -0.3 is 15.7 Å². The first-order chi connectivity index (χ1) is 8.87. The standard InChI is InChI=1S/C7H11F3N2O.C2HF3O2/c1-2-4-12(5-3-11)6(13)7(8,9)10;3-2(4,5)1(6)7/h2H,1,3-5,11H2;(H,6,7). The molecule has 0 aliphatic rings. The molecule has 0 rings (SSSR count). The van der Waals surface area contributed by atoms with Gasteiger partial charge in [-0.2, -0.15) is 26.3 Å². The second-order valence-electron chi connectivity index (χ2n) is 3.13. The highest BCUT2D eigenvalue weighted by Gasteiger charge is 2.41. The van der Waals surface area contributed by atoms with E-state index in [0.29, 0.717) is 4.90 Å². The summed E-state index contributed by atoms with van der Waals surface area (Å²) in [6.45, 7) is 2.98. The van der Waals surface area contributed by atoms with Crippen LogP contribution in [-0.2, 0) is 9.59 Å². The van der Waals surface area contributed by atoms with E-state index in [1.807, 2.05) is 0 Å². The highest BCUT2D eigenvalue weighted by Crippen LogP contribution is 2.18. The SMILES string of the molecule is C=CCN(CCN)C(=O)C(F)(F)F.O=C(O)C(F)(F)F. The summed E-state index contributed by atoms with van der Waals surface area (Å²) in [6.07, 6.45) is -8.70. The lowest BCUT2D eigenvalue weighted by Crippen LogP contribution is -2.43. The van der Waals surface area contributed by atoms with E-state index in [1.54, 1.807) is 0 Å². The first-order valence-electron chi connectivity index (χ1n) is 4.85. The molecule has 0 radical (unpaired) electrons. The number of nitrogens with two attached hydrogens (primary N) is 1. The zero-order valence-corrected chi connectivity index (χ0v) is 9.96. The normalized spacial score (nSPS) is 11.2. The zero-order chi connectivity index (χ0) is 16.6. The Morgan fingerprint density at radius 1 is 1.15 bits per heavy atom. The Morgan fingerprint density at radius 3 is 1.75 bits per heavy atom. The molecule has 0 unspecified atom stereocenters. The lowest BCUT2D eigenvalue weighted by Gasteiger charge is -2.21. The monoisotopic (exact) mass is 310 g/mol. The number of carbonyl (C=O) groups is 2. The molecule has 0 aromatic carbocycles. The summed E-state index contributed by atoms with van der Waals surface area (Å²) in [6, 6.07) is 0. The van der Waals surface area contributed by atoms with Crippen LogP contribution in [0.4, 0.5) is 26.3 Å². The summed E-state index contributed by atoms with van der Waals surface area (Å²) in [5.41, 5.74) is 5.05. The lowest BCUT2D eigenvalue weighted by molar-refractivity contribution is -0.192. The van der Waals surface area contributed by atoms with Gasteiger partial charge in [0.1, 0.15) is 0 Å².